The third kappa shape index (κ3) is 5.67. The lowest BCUT2D eigenvalue weighted by Crippen LogP contribution is -2.19. The normalized spacial score (nSPS) is 22.7. The molecule has 2 rings (SSSR count). The van der Waals surface area contributed by atoms with Crippen LogP contribution in [-0.2, 0) is 6.54 Å². The number of thioether (sulfide) groups is 1. The molecule has 2 heteroatoms. The molecule has 1 aliphatic carbocycles. The summed E-state index contributed by atoms with van der Waals surface area (Å²) >= 11 is 2.11. The highest BCUT2D eigenvalue weighted by molar-refractivity contribution is 8.00. The van der Waals surface area contributed by atoms with Crippen molar-refractivity contribution in [3.8, 4) is 0 Å². The summed E-state index contributed by atoms with van der Waals surface area (Å²) in [6.45, 7) is 11.3. The molecule has 1 aromatic carbocycles. The average molecular weight is 306 g/mol. The van der Waals surface area contributed by atoms with E-state index in [9.17, 15) is 0 Å². The first-order valence-corrected chi connectivity index (χ1v) is 9.39. The summed E-state index contributed by atoms with van der Waals surface area (Å²) < 4.78 is 0. The van der Waals surface area contributed by atoms with Gasteiger partial charge in [0.15, 0.2) is 0 Å². The second-order valence-electron chi connectivity index (χ2n) is 7.14. The van der Waals surface area contributed by atoms with Gasteiger partial charge in [0.05, 0.1) is 0 Å². The number of hydrogen-bond donors (Lipinski definition) is 1. The van der Waals surface area contributed by atoms with Crippen LogP contribution in [-0.4, -0.2) is 11.8 Å². The molecule has 0 aromatic heterocycles. The lowest BCUT2D eigenvalue weighted by molar-refractivity contribution is 0.394. The summed E-state index contributed by atoms with van der Waals surface area (Å²) in [7, 11) is 0. The van der Waals surface area contributed by atoms with E-state index in [1.807, 2.05) is 0 Å². The summed E-state index contributed by atoms with van der Waals surface area (Å²) in [6.07, 6.45) is 5.62. The van der Waals surface area contributed by atoms with Crippen molar-refractivity contribution in [2.45, 2.75) is 70.1 Å². The minimum absolute atomic E-state index is 0.717. The van der Waals surface area contributed by atoms with Crippen LogP contribution in [0.2, 0.25) is 0 Å². The van der Waals surface area contributed by atoms with Crippen LogP contribution < -0.4 is 5.32 Å². The van der Waals surface area contributed by atoms with E-state index in [0.717, 1.165) is 24.3 Å². The first-order valence-electron chi connectivity index (χ1n) is 8.51. The van der Waals surface area contributed by atoms with Crippen LogP contribution in [0, 0.1) is 18.8 Å². The number of nitrogens with one attached hydrogen (secondary N) is 1. The van der Waals surface area contributed by atoms with E-state index in [4.69, 9.17) is 0 Å². The van der Waals surface area contributed by atoms with Gasteiger partial charge in [-0.05, 0) is 55.3 Å². The fraction of sp³-hybridized carbons (Fsp3) is 0.684. The van der Waals surface area contributed by atoms with Gasteiger partial charge in [-0.25, -0.2) is 0 Å². The van der Waals surface area contributed by atoms with Crippen molar-refractivity contribution in [1.82, 2.24) is 5.32 Å². The van der Waals surface area contributed by atoms with Gasteiger partial charge in [-0.15, -0.1) is 11.8 Å². The quantitative estimate of drug-likeness (QED) is 0.754. The lowest BCUT2D eigenvalue weighted by atomic mass is 9.91. The largest absolute Gasteiger partial charge is 0.312 e. The minimum Gasteiger partial charge on any atom is -0.312 e. The Morgan fingerprint density at radius 1 is 1.29 bits per heavy atom. The molecule has 0 saturated heterocycles. The van der Waals surface area contributed by atoms with Crippen molar-refractivity contribution in [1.29, 1.82) is 0 Å². The predicted octanol–water partition coefficient (Wildman–Crippen LogP) is 5.41. The second kappa shape index (κ2) is 8.24. The number of rotatable bonds is 6. The van der Waals surface area contributed by atoms with Crippen molar-refractivity contribution in [3.05, 3.63) is 29.3 Å². The SMILES string of the molecule is Cc1cc(CNCC(C)C)ccc1SC1CCCC(C)C1. The van der Waals surface area contributed by atoms with E-state index in [1.165, 1.54) is 41.7 Å². The Balaban J connectivity index is 1.89. The molecule has 1 aromatic rings. The van der Waals surface area contributed by atoms with Gasteiger partial charge in [0, 0.05) is 16.7 Å². The Morgan fingerprint density at radius 2 is 2.10 bits per heavy atom. The number of benzene rings is 1. The van der Waals surface area contributed by atoms with E-state index >= 15 is 0 Å². The molecule has 0 heterocycles. The first kappa shape index (κ1) is 16.9. The molecule has 1 saturated carbocycles. The summed E-state index contributed by atoms with van der Waals surface area (Å²) in [6, 6.07) is 7.00. The Kier molecular flexibility index (Phi) is 6.63. The molecule has 1 fully saturated rings. The monoisotopic (exact) mass is 305 g/mol. The van der Waals surface area contributed by atoms with Gasteiger partial charge in [-0.2, -0.15) is 0 Å². The van der Waals surface area contributed by atoms with Crippen molar-refractivity contribution >= 4 is 11.8 Å². The first-order chi connectivity index (χ1) is 10.0. The third-order valence-corrected chi connectivity index (χ3v) is 5.78. The van der Waals surface area contributed by atoms with Gasteiger partial charge < -0.3 is 5.32 Å². The molecular formula is C19H31NS. The molecule has 118 valence electrons. The molecule has 1 aliphatic rings. The standard InChI is InChI=1S/C19H31NS/c1-14(2)12-20-13-17-8-9-19(16(4)11-17)21-18-7-5-6-15(3)10-18/h8-9,11,14-15,18,20H,5-7,10,12-13H2,1-4H3. The van der Waals surface area contributed by atoms with Crippen LogP contribution >= 0.6 is 11.8 Å². The maximum absolute atomic E-state index is 3.53. The Hall–Kier alpha value is -0.470. The second-order valence-corrected chi connectivity index (χ2v) is 8.48. The van der Waals surface area contributed by atoms with Crippen molar-refractivity contribution < 1.29 is 0 Å². The zero-order valence-corrected chi connectivity index (χ0v) is 14.9. The van der Waals surface area contributed by atoms with Crippen molar-refractivity contribution in [3.63, 3.8) is 0 Å². The highest BCUT2D eigenvalue weighted by Gasteiger charge is 2.20. The van der Waals surface area contributed by atoms with Crippen LogP contribution in [0.1, 0.15) is 57.6 Å². The van der Waals surface area contributed by atoms with Gasteiger partial charge in [0.1, 0.15) is 0 Å². The van der Waals surface area contributed by atoms with Gasteiger partial charge in [-0.1, -0.05) is 45.7 Å². The van der Waals surface area contributed by atoms with Crippen LogP contribution in [0.5, 0.6) is 0 Å². The third-order valence-electron chi connectivity index (χ3n) is 4.30. The molecule has 0 radical (unpaired) electrons. The fourth-order valence-electron chi connectivity index (χ4n) is 3.12. The maximum atomic E-state index is 3.53. The van der Waals surface area contributed by atoms with Gasteiger partial charge in [0.2, 0.25) is 0 Å². The Labute approximate surface area is 135 Å². The molecule has 2 atom stereocenters. The van der Waals surface area contributed by atoms with Crippen LogP contribution in [0.4, 0.5) is 0 Å². The predicted molar refractivity (Wildman–Crippen MR) is 95.0 cm³/mol. The minimum atomic E-state index is 0.717. The smallest absolute Gasteiger partial charge is 0.0205 e. The van der Waals surface area contributed by atoms with Crippen LogP contribution in [0.3, 0.4) is 0 Å². The molecule has 0 aliphatic heterocycles. The molecule has 0 spiro atoms. The maximum Gasteiger partial charge on any atom is 0.0205 e. The molecule has 1 N–H and O–H groups in total. The molecule has 1 nitrogen and oxygen atoms in total. The summed E-state index contributed by atoms with van der Waals surface area (Å²) in [5, 5.41) is 4.36. The highest BCUT2D eigenvalue weighted by Crippen LogP contribution is 2.37. The van der Waals surface area contributed by atoms with E-state index in [1.54, 1.807) is 0 Å². The molecule has 0 bridgehead atoms. The lowest BCUT2D eigenvalue weighted by Gasteiger charge is -2.26. The number of aryl methyl sites for hydroxylation is 1. The molecular weight excluding hydrogens is 274 g/mol. The van der Waals surface area contributed by atoms with E-state index in [-0.39, 0.29) is 0 Å². The topological polar surface area (TPSA) is 12.0 Å². The molecule has 21 heavy (non-hydrogen) atoms. The van der Waals surface area contributed by atoms with E-state index < -0.39 is 0 Å². The summed E-state index contributed by atoms with van der Waals surface area (Å²) in [5.41, 5.74) is 2.86. The van der Waals surface area contributed by atoms with Crippen molar-refractivity contribution in [2.75, 3.05) is 6.54 Å². The number of hydrogen-bond acceptors (Lipinski definition) is 2. The van der Waals surface area contributed by atoms with Gasteiger partial charge >= 0.3 is 0 Å². The van der Waals surface area contributed by atoms with E-state index in [2.05, 4.69) is 63.0 Å². The highest BCUT2D eigenvalue weighted by atomic mass is 32.2. The van der Waals surface area contributed by atoms with Gasteiger partial charge in [0.25, 0.3) is 0 Å². The van der Waals surface area contributed by atoms with Crippen molar-refractivity contribution in [2.24, 2.45) is 11.8 Å². The zero-order chi connectivity index (χ0) is 15.2. The average Bonchev–Trinajstić information content (AvgIpc) is 2.41. The van der Waals surface area contributed by atoms with E-state index in [0.29, 0.717) is 5.92 Å². The summed E-state index contributed by atoms with van der Waals surface area (Å²) in [4.78, 5) is 1.49. The summed E-state index contributed by atoms with van der Waals surface area (Å²) in [5.74, 6) is 1.63. The Bertz CT molecular complexity index is 441. The molecule has 2 unspecified atom stereocenters. The van der Waals surface area contributed by atoms with Crippen LogP contribution in [0.15, 0.2) is 23.1 Å². The zero-order valence-electron chi connectivity index (χ0n) is 14.1. The molecule has 0 amide bonds. The van der Waals surface area contributed by atoms with Crippen LogP contribution in [0.25, 0.3) is 0 Å². The van der Waals surface area contributed by atoms with Gasteiger partial charge in [-0.3, -0.25) is 0 Å². The fourth-order valence-corrected chi connectivity index (χ4v) is 4.58. The Morgan fingerprint density at radius 3 is 2.76 bits per heavy atom.